The Bertz CT molecular complexity index is 417. The van der Waals surface area contributed by atoms with E-state index in [4.69, 9.17) is 4.74 Å². The van der Waals surface area contributed by atoms with Gasteiger partial charge < -0.3 is 10.1 Å². The molecule has 2 heteroatoms. The third-order valence-electron chi connectivity index (χ3n) is 4.47. The van der Waals surface area contributed by atoms with Crippen molar-refractivity contribution in [2.24, 2.45) is 5.92 Å². The predicted octanol–water partition coefficient (Wildman–Crippen LogP) is 2.59. The summed E-state index contributed by atoms with van der Waals surface area (Å²) in [5, 5.41) is 3.72. The highest BCUT2D eigenvalue weighted by Gasteiger charge is 2.44. The largest absolute Gasteiger partial charge is 0.382 e. The maximum atomic E-state index is 6.04. The van der Waals surface area contributed by atoms with Gasteiger partial charge in [0.25, 0.3) is 0 Å². The van der Waals surface area contributed by atoms with Crippen molar-refractivity contribution in [3.63, 3.8) is 0 Å². The van der Waals surface area contributed by atoms with Gasteiger partial charge in [-0.3, -0.25) is 0 Å². The Hall–Kier alpha value is -1.02. The first kappa shape index (κ1) is 9.06. The Morgan fingerprint density at radius 2 is 2.12 bits per heavy atom. The van der Waals surface area contributed by atoms with E-state index in [0.29, 0.717) is 24.2 Å². The van der Waals surface area contributed by atoms with E-state index >= 15 is 0 Å². The van der Waals surface area contributed by atoms with E-state index in [-0.39, 0.29) is 0 Å². The highest BCUT2D eigenvalue weighted by atomic mass is 16.5. The van der Waals surface area contributed by atoms with Gasteiger partial charge in [0.2, 0.25) is 0 Å². The molecule has 0 amide bonds. The van der Waals surface area contributed by atoms with Crippen LogP contribution in [0.4, 0.5) is 5.69 Å². The lowest BCUT2D eigenvalue weighted by Gasteiger charge is -2.41. The molecule has 84 valence electrons. The molecule has 1 aromatic rings. The third-order valence-corrected chi connectivity index (χ3v) is 4.47. The smallest absolute Gasteiger partial charge is 0.0630 e. The summed E-state index contributed by atoms with van der Waals surface area (Å²) in [6.07, 6.45) is 6.00. The first-order valence-corrected chi connectivity index (χ1v) is 6.40. The Kier molecular flexibility index (Phi) is 1.83. The topological polar surface area (TPSA) is 21.3 Å². The lowest BCUT2D eigenvalue weighted by atomic mass is 9.81. The van der Waals surface area contributed by atoms with Crippen molar-refractivity contribution in [3.05, 3.63) is 29.8 Å². The molecule has 3 aliphatic heterocycles. The molecule has 4 atom stereocenters. The molecule has 2 saturated heterocycles. The highest BCUT2D eigenvalue weighted by Crippen LogP contribution is 2.42. The molecule has 16 heavy (non-hydrogen) atoms. The standard InChI is InChI=1S/C14H17NO/c1-2-4-12-9(3-1)7-11-13(15-12)8-10-5-6-14(11)16-10/h1-4,10-11,13-15H,5-8H2/t10-,11+,13-,14+/m1/s1. The van der Waals surface area contributed by atoms with Gasteiger partial charge in [-0.25, -0.2) is 0 Å². The van der Waals surface area contributed by atoms with Crippen LogP contribution in [0, 0.1) is 5.92 Å². The van der Waals surface area contributed by atoms with E-state index in [1.165, 1.54) is 36.9 Å². The molecule has 1 N–H and O–H groups in total. The minimum atomic E-state index is 0.518. The fraction of sp³-hybridized carbons (Fsp3) is 0.571. The fourth-order valence-corrected chi connectivity index (χ4v) is 3.67. The minimum absolute atomic E-state index is 0.518. The second-order valence-corrected chi connectivity index (χ2v) is 5.39. The molecule has 0 saturated carbocycles. The van der Waals surface area contributed by atoms with E-state index < -0.39 is 0 Å². The van der Waals surface area contributed by atoms with Gasteiger partial charge in [0, 0.05) is 17.6 Å². The van der Waals surface area contributed by atoms with Crippen LogP contribution < -0.4 is 5.32 Å². The lowest BCUT2D eigenvalue weighted by molar-refractivity contribution is -0.0393. The molecule has 3 heterocycles. The molecule has 2 nitrogen and oxygen atoms in total. The molecular formula is C14H17NO. The molecule has 2 bridgehead atoms. The number of nitrogens with one attached hydrogen (secondary N) is 1. The number of fused-ring (bicyclic) bond motifs is 5. The van der Waals surface area contributed by atoms with E-state index in [1.807, 2.05) is 0 Å². The lowest BCUT2D eigenvalue weighted by Crippen LogP contribution is -2.46. The molecular weight excluding hydrogens is 198 g/mol. The predicted molar refractivity (Wildman–Crippen MR) is 63.6 cm³/mol. The van der Waals surface area contributed by atoms with Crippen LogP contribution in [0.25, 0.3) is 0 Å². The van der Waals surface area contributed by atoms with Crippen molar-refractivity contribution in [1.29, 1.82) is 0 Å². The number of anilines is 1. The second-order valence-electron chi connectivity index (χ2n) is 5.39. The van der Waals surface area contributed by atoms with E-state index in [9.17, 15) is 0 Å². The van der Waals surface area contributed by atoms with Crippen molar-refractivity contribution >= 4 is 5.69 Å². The summed E-state index contributed by atoms with van der Waals surface area (Å²) in [6.45, 7) is 0. The SMILES string of the molecule is c1ccc2c(c1)C[C@@H]1[C@@H]3CC[C@H](C[C@H]1N2)O3. The first-order valence-electron chi connectivity index (χ1n) is 6.40. The minimum Gasteiger partial charge on any atom is -0.382 e. The molecule has 2 fully saturated rings. The van der Waals surface area contributed by atoms with Crippen LogP contribution in [0.3, 0.4) is 0 Å². The summed E-state index contributed by atoms with van der Waals surface area (Å²) in [5.74, 6) is 0.702. The molecule has 0 aliphatic carbocycles. The Balaban J connectivity index is 1.70. The number of ether oxygens (including phenoxy) is 1. The molecule has 3 aliphatic rings. The zero-order valence-corrected chi connectivity index (χ0v) is 9.36. The zero-order chi connectivity index (χ0) is 10.5. The van der Waals surface area contributed by atoms with E-state index in [1.54, 1.807) is 0 Å². The van der Waals surface area contributed by atoms with E-state index in [0.717, 1.165) is 0 Å². The van der Waals surface area contributed by atoms with Crippen molar-refractivity contribution in [2.75, 3.05) is 5.32 Å². The quantitative estimate of drug-likeness (QED) is 0.718. The highest BCUT2D eigenvalue weighted by molar-refractivity contribution is 5.54. The van der Waals surface area contributed by atoms with Crippen LogP contribution in [0.15, 0.2) is 24.3 Å². The Labute approximate surface area is 96.0 Å². The third kappa shape index (κ3) is 1.23. The van der Waals surface area contributed by atoms with Gasteiger partial charge in [-0.05, 0) is 37.3 Å². The molecule has 0 unspecified atom stereocenters. The number of hydrogen-bond donors (Lipinski definition) is 1. The Morgan fingerprint density at radius 3 is 3.12 bits per heavy atom. The van der Waals surface area contributed by atoms with Gasteiger partial charge in [0.15, 0.2) is 0 Å². The van der Waals surface area contributed by atoms with Crippen molar-refractivity contribution < 1.29 is 4.74 Å². The first-order chi connectivity index (χ1) is 7.90. The average Bonchev–Trinajstić information content (AvgIpc) is 2.71. The summed E-state index contributed by atoms with van der Waals surface area (Å²) < 4.78 is 6.04. The van der Waals surface area contributed by atoms with Gasteiger partial charge in [-0.2, -0.15) is 0 Å². The summed E-state index contributed by atoms with van der Waals surface area (Å²) in [6, 6.07) is 9.38. The Morgan fingerprint density at radius 1 is 1.19 bits per heavy atom. The summed E-state index contributed by atoms with van der Waals surface area (Å²) in [5.41, 5.74) is 2.82. The van der Waals surface area contributed by atoms with Crippen molar-refractivity contribution in [2.45, 2.75) is 43.9 Å². The van der Waals surface area contributed by atoms with Gasteiger partial charge in [-0.1, -0.05) is 18.2 Å². The average molecular weight is 215 g/mol. The molecule has 0 radical (unpaired) electrons. The second kappa shape index (κ2) is 3.24. The van der Waals surface area contributed by atoms with Gasteiger partial charge >= 0.3 is 0 Å². The van der Waals surface area contributed by atoms with Crippen LogP contribution in [0.2, 0.25) is 0 Å². The molecule has 0 spiro atoms. The molecule has 4 rings (SSSR count). The summed E-state index contributed by atoms with van der Waals surface area (Å²) >= 11 is 0. The number of para-hydroxylation sites is 1. The van der Waals surface area contributed by atoms with Gasteiger partial charge in [-0.15, -0.1) is 0 Å². The normalized spacial score (nSPS) is 39.8. The van der Waals surface area contributed by atoms with Crippen LogP contribution in [0.1, 0.15) is 24.8 Å². The maximum absolute atomic E-state index is 6.04. The summed E-state index contributed by atoms with van der Waals surface area (Å²) in [7, 11) is 0. The summed E-state index contributed by atoms with van der Waals surface area (Å²) in [4.78, 5) is 0. The van der Waals surface area contributed by atoms with Crippen molar-refractivity contribution in [1.82, 2.24) is 0 Å². The number of rotatable bonds is 0. The van der Waals surface area contributed by atoms with Gasteiger partial charge in [0.1, 0.15) is 0 Å². The molecule has 1 aromatic carbocycles. The zero-order valence-electron chi connectivity index (χ0n) is 9.36. The van der Waals surface area contributed by atoms with Crippen LogP contribution in [0.5, 0.6) is 0 Å². The van der Waals surface area contributed by atoms with Crippen LogP contribution >= 0.6 is 0 Å². The monoisotopic (exact) mass is 215 g/mol. The van der Waals surface area contributed by atoms with E-state index in [2.05, 4.69) is 29.6 Å². The number of hydrogen-bond acceptors (Lipinski definition) is 2. The van der Waals surface area contributed by atoms with Crippen LogP contribution in [-0.4, -0.2) is 18.2 Å². The van der Waals surface area contributed by atoms with Crippen molar-refractivity contribution in [3.8, 4) is 0 Å². The fourth-order valence-electron chi connectivity index (χ4n) is 3.67. The number of benzene rings is 1. The van der Waals surface area contributed by atoms with Crippen LogP contribution in [-0.2, 0) is 11.2 Å². The van der Waals surface area contributed by atoms with Gasteiger partial charge in [0.05, 0.1) is 12.2 Å². The molecule has 0 aromatic heterocycles. The maximum Gasteiger partial charge on any atom is 0.0630 e.